The van der Waals surface area contributed by atoms with Gasteiger partial charge in [0, 0.05) is 51.5 Å². The van der Waals surface area contributed by atoms with Crippen LogP contribution in [0.5, 0.6) is 0 Å². The molecule has 0 radical (unpaired) electrons. The fourth-order valence-electron chi connectivity index (χ4n) is 3.55. The zero-order chi connectivity index (χ0) is 18.9. The highest BCUT2D eigenvalue weighted by Crippen LogP contribution is 2.17. The minimum atomic E-state index is 0. The molecule has 3 heterocycles. The highest BCUT2D eigenvalue weighted by molar-refractivity contribution is 14.0. The van der Waals surface area contributed by atoms with Gasteiger partial charge in [-0.15, -0.1) is 24.0 Å². The van der Waals surface area contributed by atoms with Crippen molar-refractivity contribution in [1.29, 1.82) is 0 Å². The van der Waals surface area contributed by atoms with E-state index in [1.807, 2.05) is 6.20 Å². The lowest BCUT2D eigenvalue weighted by Crippen LogP contribution is -2.49. The van der Waals surface area contributed by atoms with E-state index in [2.05, 4.69) is 51.4 Å². The normalized spacial score (nSPS) is 19.2. The molecule has 0 bridgehead atoms. The van der Waals surface area contributed by atoms with E-state index in [4.69, 9.17) is 9.73 Å². The molecule has 8 heteroatoms. The van der Waals surface area contributed by atoms with Gasteiger partial charge in [-0.2, -0.15) is 0 Å². The van der Waals surface area contributed by atoms with E-state index in [1.54, 1.807) is 0 Å². The monoisotopic (exact) mass is 502 g/mol. The standard InChI is InChI=1S/C20H34N6O.HI/c1-3-21-20(23-14-17(2)25-10-12-27-13-11-25)24-16-18-6-7-19(22-15-18)26-8-4-5-9-26;/h6-7,15,17H,3-5,8-14,16H2,1-2H3,(H2,21,23,24);1H. The lowest BCUT2D eigenvalue weighted by Gasteiger charge is -2.32. The lowest BCUT2D eigenvalue weighted by molar-refractivity contribution is 0.0211. The number of aliphatic imine (C=N–C) groups is 1. The molecule has 2 saturated heterocycles. The first-order chi connectivity index (χ1) is 13.3. The van der Waals surface area contributed by atoms with Crippen molar-refractivity contribution in [3.63, 3.8) is 0 Å². The van der Waals surface area contributed by atoms with Gasteiger partial charge < -0.3 is 20.3 Å². The maximum absolute atomic E-state index is 5.44. The minimum Gasteiger partial charge on any atom is -0.379 e. The molecule has 7 nitrogen and oxygen atoms in total. The number of nitrogens with one attached hydrogen (secondary N) is 2. The number of pyridine rings is 1. The molecule has 1 unspecified atom stereocenters. The number of ether oxygens (including phenoxy) is 1. The third-order valence-corrected chi connectivity index (χ3v) is 5.24. The highest BCUT2D eigenvalue weighted by Gasteiger charge is 2.17. The number of nitrogens with zero attached hydrogens (tertiary/aromatic N) is 4. The van der Waals surface area contributed by atoms with Crippen LogP contribution in [0.4, 0.5) is 5.82 Å². The van der Waals surface area contributed by atoms with Crippen LogP contribution < -0.4 is 15.5 Å². The summed E-state index contributed by atoms with van der Waals surface area (Å²) in [5, 5.41) is 6.81. The molecule has 2 aliphatic rings. The zero-order valence-corrected chi connectivity index (χ0v) is 19.5. The molecule has 2 fully saturated rings. The second-order valence-corrected chi connectivity index (χ2v) is 7.29. The Bertz CT molecular complexity index is 585. The Hall–Kier alpha value is -1.13. The van der Waals surface area contributed by atoms with Gasteiger partial charge >= 0.3 is 0 Å². The molecule has 28 heavy (non-hydrogen) atoms. The summed E-state index contributed by atoms with van der Waals surface area (Å²) < 4.78 is 5.44. The van der Waals surface area contributed by atoms with Crippen LogP contribution >= 0.6 is 24.0 Å². The predicted octanol–water partition coefficient (Wildman–Crippen LogP) is 2.08. The summed E-state index contributed by atoms with van der Waals surface area (Å²) in [6, 6.07) is 4.72. The van der Waals surface area contributed by atoms with Gasteiger partial charge in [-0.3, -0.25) is 4.90 Å². The minimum absolute atomic E-state index is 0. The van der Waals surface area contributed by atoms with Crippen LogP contribution in [-0.2, 0) is 11.3 Å². The first-order valence-electron chi connectivity index (χ1n) is 10.3. The fraction of sp³-hybridized carbons (Fsp3) is 0.700. The van der Waals surface area contributed by atoms with E-state index in [-0.39, 0.29) is 24.0 Å². The summed E-state index contributed by atoms with van der Waals surface area (Å²) in [5.74, 6) is 1.95. The summed E-state index contributed by atoms with van der Waals surface area (Å²) in [4.78, 5) is 14.2. The molecular weight excluding hydrogens is 467 g/mol. The summed E-state index contributed by atoms with van der Waals surface area (Å²) in [5.41, 5.74) is 1.14. The Labute approximate surface area is 186 Å². The Kier molecular flexibility index (Phi) is 10.3. The van der Waals surface area contributed by atoms with Crippen molar-refractivity contribution in [3.05, 3.63) is 23.9 Å². The third-order valence-electron chi connectivity index (χ3n) is 5.24. The molecule has 0 aromatic carbocycles. The number of rotatable bonds is 7. The van der Waals surface area contributed by atoms with Crippen LogP contribution in [-0.4, -0.2) is 74.4 Å². The Balaban J connectivity index is 0.00000280. The van der Waals surface area contributed by atoms with Crippen LogP contribution in [0.1, 0.15) is 32.3 Å². The number of guanidine groups is 1. The molecule has 2 aliphatic heterocycles. The van der Waals surface area contributed by atoms with E-state index in [9.17, 15) is 0 Å². The molecule has 1 atom stereocenters. The molecule has 1 aromatic heterocycles. The molecule has 0 amide bonds. The molecule has 0 spiro atoms. The van der Waals surface area contributed by atoms with Crippen LogP contribution in [0.15, 0.2) is 23.3 Å². The number of hydrogen-bond donors (Lipinski definition) is 2. The quantitative estimate of drug-likeness (QED) is 0.338. The third kappa shape index (κ3) is 7.04. The zero-order valence-electron chi connectivity index (χ0n) is 17.2. The van der Waals surface area contributed by atoms with Crippen LogP contribution in [0, 0.1) is 0 Å². The van der Waals surface area contributed by atoms with Gasteiger partial charge in [-0.25, -0.2) is 9.98 Å². The fourth-order valence-corrected chi connectivity index (χ4v) is 3.55. The maximum atomic E-state index is 5.44. The summed E-state index contributed by atoms with van der Waals surface area (Å²) >= 11 is 0. The number of morpholine rings is 1. The van der Waals surface area contributed by atoms with E-state index in [0.29, 0.717) is 12.6 Å². The van der Waals surface area contributed by atoms with Crippen molar-refractivity contribution >= 4 is 35.8 Å². The summed E-state index contributed by atoms with van der Waals surface area (Å²) in [7, 11) is 0. The molecule has 2 N–H and O–H groups in total. The van der Waals surface area contributed by atoms with E-state index in [0.717, 1.165) is 69.8 Å². The maximum Gasteiger partial charge on any atom is 0.191 e. The number of halogens is 1. The lowest BCUT2D eigenvalue weighted by atomic mass is 10.2. The predicted molar refractivity (Wildman–Crippen MR) is 126 cm³/mol. The highest BCUT2D eigenvalue weighted by atomic mass is 127. The van der Waals surface area contributed by atoms with Crippen molar-refractivity contribution in [3.8, 4) is 0 Å². The van der Waals surface area contributed by atoms with Gasteiger partial charge in [0.1, 0.15) is 5.82 Å². The summed E-state index contributed by atoms with van der Waals surface area (Å²) in [6.45, 7) is 12.6. The molecule has 3 rings (SSSR count). The van der Waals surface area contributed by atoms with Crippen LogP contribution in [0.2, 0.25) is 0 Å². The first kappa shape index (κ1) is 23.2. The SMILES string of the molecule is CCNC(=NCc1ccc(N2CCCC2)nc1)NCC(C)N1CCOCC1.I. The van der Waals surface area contributed by atoms with E-state index in [1.165, 1.54) is 12.8 Å². The van der Waals surface area contributed by atoms with Gasteiger partial charge in [0.05, 0.1) is 19.8 Å². The van der Waals surface area contributed by atoms with Crippen LogP contribution in [0.25, 0.3) is 0 Å². The van der Waals surface area contributed by atoms with Crippen molar-refractivity contribution in [2.45, 2.75) is 39.3 Å². The Morgan fingerprint density at radius 3 is 2.57 bits per heavy atom. The Morgan fingerprint density at radius 1 is 1.18 bits per heavy atom. The van der Waals surface area contributed by atoms with Gasteiger partial charge in [-0.05, 0) is 38.3 Å². The molecule has 158 valence electrons. The van der Waals surface area contributed by atoms with Gasteiger partial charge in [-0.1, -0.05) is 6.07 Å². The average Bonchev–Trinajstić information content (AvgIpc) is 3.26. The topological polar surface area (TPSA) is 65.0 Å². The number of aromatic nitrogens is 1. The van der Waals surface area contributed by atoms with Gasteiger partial charge in [0.15, 0.2) is 5.96 Å². The molecule has 1 aromatic rings. The second kappa shape index (κ2) is 12.4. The smallest absolute Gasteiger partial charge is 0.191 e. The second-order valence-electron chi connectivity index (χ2n) is 7.29. The van der Waals surface area contributed by atoms with Crippen LogP contribution in [0.3, 0.4) is 0 Å². The molecule has 0 saturated carbocycles. The van der Waals surface area contributed by atoms with Crippen molar-refractivity contribution in [2.75, 3.05) is 57.4 Å². The molecular formula is C20H35IN6O. The Morgan fingerprint density at radius 2 is 1.93 bits per heavy atom. The van der Waals surface area contributed by atoms with E-state index >= 15 is 0 Å². The van der Waals surface area contributed by atoms with Crippen molar-refractivity contribution in [2.24, 2.45) is 4.99 Å². The van der Waals surface area contributed by atoms with Gasteiger partial charge in [0.25, 0.3) is 0 Å². The first-order valence-corrected chi connectivity index (χ1v) is 10.3. The van der Waals surface area contributed by atoms with Crippen molar-refractivity contribution < 1.29 is 4.74 Å². The van der Waals surface area contributed by atoms with E-state index < -0.39 is 0 Å². The number of hydrogen-bond acceptors (Lipinski definition) is 5. The average molecular weight is 502 g/mol. The largest absolute Gasteiger partial charge is 0.379 e. The molecule has 0 aliphatic carbocycles. The number of anilines is 1. The van der Waals surface area contributed by atoms with Gasteiger partial charge in [0.2, 0.25) is 0 Å². The van der Waals surface area contributed by atoms with Crippen molar-refractivity contribution in [1.82, 2.24) is 20.5 Å². The summed E-state index contributed by atoms with van der Waals surface area (Å²) in [6.07, 6.45) is 4.50.